The second-order valence-corrected chi connectivity index (χ2v) is 16.7. The summed E-state index contributed by atoms with van der Waals surface area (Å²) < 4.78 is 0. The molecule has 0 N–H and O–H groups in total. The van der Waals surface area contributed by atoms with Crippen LogP contribution in [-0.2, 0) is 131 Å². The standard InChI is InChI=1S/5C13H12N.Ag.Au.Cu.Ir.Ni/c5*1-11-6-5-9-13(14-11)10-12-7-3-2-4-8-12;;;;;/h5*2-7,9H,10H2,1H3;;;;;/q5*-1;3*+1;;. The second-order valence-electron chi connectivity index (χ2n) is 16.7. The molecule has 0 unspecified atom stereocenters. The summed E-state index contributed by atoms with van der Waals surface area (Å²) in [6.45, 7) is 10.1. The van der Waals surface area contributed by atoms with Crippen LogP contribution in [0.3, 0.4) is 0 Å². The van der Waals surface area contributed by atoms with E-state index in [-0.39, 0.29) is 98.4 Å². The number of aromatic nitrogens is 5. The number of aryl methyl sites for hydroxylation is 5. The van der Waals surface area contributed by atoms with Crippen molar-refractivity contribution in [2.75, 3.05) is 0 Å². The third-order valence-corrected chi connectivity index (χ3v) is 10.5. The monoisotopic (exact) mass is 1530 g/mol. The maximum absolute atomic E-state index is 4.45. The van der Waals surface area contributed by atoms with Gasteiger partial charge < -0.3 is 0 Å². The third-order valence-electron chi connectivity index (χ3n) is 10.5. The van der Waals surface area contributed by atoms with Gasteiger partial charge >= 0.3 is 61.8 Å². The zero-order valence-corrected chi connectivity index (χ0v) is 50.5. The van der Waals surface area contributed by atoms with Gasteiger partial charge in [0.05, 0.1) is 0 Å². The summed E-state index contributed by atoms with van der Waals surface area (Å²) in [5, 5.41) is 0. The maximum atomic E-state index is 4.45. The van der Waals surface area contributed by atoms with Crippen LogP contribution in [0.2, 0.25) is 0 Å². The first-order valence-corrected chi connectivity index (χ1v) is 23.6. The molecule has 0 amide bonds. The maximum Gasteiger partial charge on any atom is 1.00 e. The van der Waals surface area contributed by atoms with E-state index in [9.17, 15) is 0 Å². The molecular formula is C65H60AgAuCuIrN5Ni-2. The fourth-order valence-electron chi connectivity index (χ4n) is 7.17. The third kappa shape index (κ3) is 28.1. The average molecular weight is 1530 g/mol. The van der Waals surface area contributed by atoms with Gasteiger partial charge in [0, 0.05) is 93.5 Å². The van der Waals surface area contributed by atoms with Crippen LogP contribution in [-0.4, -0.2) is 24.9 Å². The Hall–Kier alpha value is -5.01. The van der Waals surface area contributed by atoms with Crippen LogP contribution in [0, 0.1) is 65.0 Å². The molecule has 0 fully saturated rings. The molecular weight excluding hydrogens is 1470 g/mol. The van der Waals surface area contributed by atoms with Gasteiger partial charge in [0.15, 0.2) is 0 Å². The van der Waals surface area contributed by atoms with Crippen LogP contribution in [0.25, 0.3) is 0 Å². The Morgan fingerprint density at radius 3 is 0.587 bits per heavy atom. The zero-order chi connectivity index (χ0) is 49.0. The Morgan fingerprint density at radius 1 is 0.280 bits per heavy atom. The number of pyridine rings is 5. The van der Waals surface area contributed by atoms with Crippen molar-refractivity contribution in [2.45, 2.75) is 66.7 Å². The second kappa shape index (κ2) is 39.4. The fraction of sp³-hybridized carbons (Fsp3) is 0.154. The summed E-state index contributed by atoms with van der Waals surface area (Å²) in [6.07, 6.45) is 4.32. The van der Waals surface area contributed by atoms with Gasteiger partial charge in [-0.05, 0) is 127 Å². The summed E-state index contributed by atoms with van der Waals surface area (Å²) in [6, 6.07) is 86.6. The summed E-state index contributed by atoms with van der Waals surface area (Å²) in [5.41, 5.74) is 16.8. The van der Waals surface area contributed by atoms with Crippen LogP contribution in [0.1, 0.15) is 84.8 Å². The molecule has 1 radical (unpaired) electrons. The first-order valence-electron chi connectivity index (χ1n) is 23.6. The van der Waals surface area contributed by atoms with Crippen molar-refractivity contribution >= 4 is 0 Å². The summed E-state index contributed by atoms with van der Waals surface area (Å²) in [5.74, 6) is 0. The molecule has 0 saturated heterocycles. The predicted octanol–water partition coefficient (Wildman–Crippen LogP) is 13.9. The van der Waals surface area contributed by atoms with E-state index in [0.29, 0.717) is 0 Å². The Bertz CT molecular complexity index is 2550. The molecule has 0 saturated carbocycles. The number of benzene rings is 5. The van der Waals surface area contributed by atoms with Crippen molar-refractivity contribution in [3.63, 3.8) is 0 Å². The largest absolute Gasteiger partial charge is 1.00 e. The van der Waals surface area contributed by atoms with Gasteiger partial charge in [-0.1, -0.05) is 30.3 Å². The van der Waals surface area contributed by atoms with Crippen LogP contribution in [0.4, 0.5) is 0 Å². The molecule has 75 heavy (non-hydrogen) atoms. The van der Waals surface area contributed by atoms with Crippen LogP contribution in [0.15, 0.2) is 212 Å². The Kier molecular flexibility index (Phi) is 35.7. The Balaban J connectivity index is 0.000000461. The molecule has 399 valence electrons. The molecule has 5 aromatic heterocycles. The van der Waals surface area contributed by atoms with E-state index < -0.39 is 0 Å². The van der Waals surface area contributed by atoms with Gasteiger partial charge in [-0.3, -0.25) is 24.9 Å². The molecule has 0 aliphatic rings. The van der Waals surface area contributed by atoms with Crippen LogP contribution in [0.5, 0.6) is 0 Å². The van der Waals surface area contributed by atoms with Crippen molar-refractivity contribution in [2.24, 2.45) is 0 Å². The van der Waals surface area contributed by atoms with Crippen LogP contribution >= 0.6 is 0 Å². The van der Waals surface area contributed by atoms with E-state index in [1.165, 1.54) is 27.8 Å². The molecule has 10 aromatic rings. The van der Waals surface area contributed by atoms with E-state index >= 15 is 0 Å². The SMILES string of the molecule is Cc1cccc(Cc2[c-]cccc2)n1.Cc1cccc(Cc2[c-]cccc2)n1.Cc1cccc(Cc2[c-]cccc2)n1.Cc1cccc(Cc2[c-]cccc2)n1.Cc1cccc(Cc2[c-]cccc2)n1.[Ag+].[Au+].[Cu+].[Ir].[Ni]. The van der Waals surface area contributed by atoms with Crippen molar-refractivity contribution in [3.05, 3.63) is 327 Å². The topological polar surface area (TPSA) is 64.5 Å². The first-order chi connectivity index (χ1) is 34.2. The van der Waals surface area contributed by atoms with Gasteiger partial charge in [-0.25, -0.2) is 0 Å². The van der Waals surface area contributed by atoms with E-state index in [1.807, 2.05) is 217 Å². The van der Waals surface area contributed by atoms with E-state index in [0.717, 1.165) is 89.0 Å². The molecule has 0 atom stereocenters. The summed E-state index contributed by atoms with van der Waals surface area (Å²) in [4.78, 5) is 22.2. The molecule has 0 aliphatic carbocycles. The van der Waals surface area contributed by atoms with Gasteiger partial charge in [-0.15, -0.1) is 0 Å². The summed E-state index contributed by atoms with van der Waals surface area (Å²) >= 11 is 0. The normalized spacial score (nSPS) is 9.40. The number of nitrogens with zero attached hydrogens (tertiary/aromatic N) is 5. The first kappa shape index (κ1) is 68.0. The van der Waals surface area contributed by atoms with Gasteiger partial charge in [0.2, 0.25) is 0 Å². The molecule has 5 nitrogen and oxygen atoms in total. The minimum Gasteiger partial charge on any atom is -0.258 e. The number of rotatable bonds is 10. The smallest absolute Gasteiger partial charge is 0.258 e. The zero-order valence-electron chi connectivity index (χ0n) is 42.5. The predicted molar refractivity (Wildman–Crippen MR) is 285 cm³/mol. The van der Waals surface area contributed by atoms with Gasteiger partial charge in [0.1, 0.15) is 0 Å². The minimum atomic E-state index is 0. The van der Waals surface area contributed by atoms with E-state index in [1.54, 1.807) is 0 Å². The fourth-order valence-corrected chi connectivity index (χ4v) is 7.17. The van der Waals surface area contributed by atoms with Crippen molar-refractivity contribution < 1.29 is 98.4 Å². The van der Waals surface area contributed by atoms with Crippen molar-refractivity contribution in [1.82, 2.24) is 24.9 Å². The van der Waals surface area contributed by atoms with Crippen molar-refractivity contribution in [3.8, 4) is 0 Å². The molecule has 5 aromatic carbocycles. The molecule has 10 heteroatoms. The summed E-state index contributed by atoms with van der Waals surface area (Å²) in [7, 11) is 0. The molecule has 10 rings (SSSR count). The number of hydrogen-bond donors (Lipinski definition) is 0. The molecule has 0 bridgehead atoms. The minimum absolute atomic E-state index is 0. The molecule has 5 heterocycles. The van der Waals surface area contributed by atoms with Crippen molar-refractivity contribution in [1.29, 1.82) is 0 Å². The number of hydrogen-bond acceptors (Lipinski definition) is 5. The van der Waals surface area contributed by atoms with Gasteiger partial charge in [-0.2, -0.15) is 179 Å². The van der Waals surface area contributed by atoms with E-state index in [2.05, 4.69) is 85.6 Å². The van der Waals surface area contributed by atoms with Crippen LogP contribution < -0.4 is 0 Å². The van der Waals surface area contributed by atoms with Gasteiger partial charge in [0.25, 0.3) is 0 Å². The van der Waals surface area contributed by atoms with E-state index in [4.69, 9.17) is 0 Å². The Morgan fingerprint density at radius 2 is 0.453 bits per heavy atom. The molecule has 0 aliphatic heterocycles. The average Bonchev–Trinajstić information content (AvgIpc) is 3.37. The quantitative estimate of drug-likeness (QED) is 0.101. The molecule has 0 spiro atoms. The Labute approximate surface area is 512 Å².